The van der Waals surface area contributed by atoms with Gasteiger partial charge in [0.15, 0.2) is 0 Å². The Bertz CT molecular complexity index is 878. The minimum absolute atomic E-state index is 0.0228. The van der Waals surface area contributed by atoms with E-state index in [2.05, 4.69) is 46.1 Å². The molecule has 3 rings (SSSR count). The second-order valence-electron chi connectivity index (χ2n) is 7.76. The number of likely N-dealkylation sites (N-methyl/N-ethyl adjacent to an activating group) is 1. The van der Waals surface area contributed by atoms with Gasteiger partial charge in [0.1, 0.15) is 0 Å². The fraction of sp³-hybridized carbons (Fsp3) is 0.455. The number of rotatable bonds is 7. The quantitative estimate of drug-likeness (QED) is 0.640. The number of carbonyl (C=O) groups excluding carboxylic acids is 2. The fourth-order valence-electron chi connectivity index (χ4n) is 3.69. The van der Waals surface area contributed by atoms with Crippen LogP contribution in [0.5, 0.6) is 0 Å². The molecule has 1 aliphatic rings. The molecule has 30 heavy (non-hydrogen) atoms. The fourth-order valence-corrected chi connectivity index (χ4v) is 5.07. The van der Waals surface area contributed by atoms with Crippen LogP contribution in [0.1, 0.15) is 34.6 Å². The summed E-state index contributed by atoms with van der Waals surface area (Å²) in [4.78, 5) is 29.3. The molecule has 2 atom stereocenters. The summed E-state index contributed by atoms with van der Waals surface area (Å²) in [6.45, 7) is 7.29. The highest BCUT2D eigenvalue weighted by atomic mass is 79.9. The number of hydrogen-bond donors (Lipinski definition) is 1. The van der Waals surface area contributed by atoms with Crippen molar-refractivity contribution in [1.82, 2.24) is 15.1 Å². The van der Waals surface area contributed by atoms with Crippen molar-refractivity contribution in [3.05, 3.63) is 56.2 Å². The molecule has 2 aromatic rings. The summed E-state index contributed by atoms with van der Waals surface area (Å²) >= 11 is 4.72. The van der Waals surface area contributed by atoms with Crippen LogP contribution in [-0.2, 0) is 22.6 Å². The Kier molecular flexibility index (Phi) is 8.05. The monoisotopic (exact) mass is 493 g/mol. The second kappa shape index (κ2) is 10.5. The van der Waals surface area contributed by atoms with Crippen molar-refractivity contribution >= 4 is 39.1 Å². The number of nitrogens with one attached hydrogen (secondary N) is 1. The van der Waals surface area contributed by atoms with Gasteiger partial charge in [0, 0.05) is 33.2 Å². The average Bonchev–Trinajstić information content (AvgIpc) is 3.12. The van der Waals surface area contributed by atoms with E-state index in [0.717, 1.165) is 29.0 Å². The minimum atomic E-state index is -0.176. The highest BCUT2D eigenvalue weighted by molar-refractivity contribution is 9.11. The van der Waals surface area contributed by atoms with Crippen molar-refractivity contribution in [1.29, 1.82) is 0 Å². The molecule has 1 aromatic heterocycles. The maximum atomic E-state index is 12.4. The van der Waals surface area contributed by atoms with Gasteiger partial charge in [-0.3, -0.25) is 14.5 Å². The first-order chi connectivity index (χ1) is 14.3. The Labute approximate surface area is 190 Å². The minimum Gasteiger partial charge on any atom is -0.373 e. The van der Waals surface area contributed by atoms with Crippen LogP contribution in [0.4, 0.5) is 0 Å². The van der Waals surface area contributed by atoms with E-state index in [1.165, 1.54) is 21.8 Å². The first-order valence-corrected chi connectivity index (χ1v) is 11.6. The number of hydrogen-bond acceptors (Lipinski definition) is 5. The number of carbonyl (C=O) groups is 2. The molecule has 1 fully saturated rings. The van der Waals surface area contributed by atoms with E-state index in [1.807, 2.05) is 24.3 Å². The molecule has 0 radical (unpaired) electrons. The van der Waals surface area contributed by atoms with Gasteiger partial charge >= 0.3 is 0 Å². The third kappa shape index (κ3) is 6.38. The lowest BCUT2D eigenvalue weighted by molar-refractivity contribution is -0.121. The van der Waals surface area contributed by atoms with Crippen LogP contribution >= 0.6 is 27.3 Å². The van der Waals surface area contributed by atoms with Gasteiger partial charge in [0.25, 0.3) is 5.91 Å². The Morgan fingerprint density at radius 3 is 2.47 bits per heavy atom. The van der Waals surface area contributed by atoms with Crippen LogP contribution in [0, 0.1) is 0 Å². The van der Waals surface area contributed by atoms with E-state index < -0.39 is 0 Å². The predicted molar refractivity (Wildman–Crippen MR) is 123 cm³/mol. The molecule has 1 saturated heterocycles. The summed E-state index contributed by atoms with van der Waals surface area (Å²) in [5.41, 5.74) is 2.29. The SMILES string of the molecule is CC1CN(Cc2ccccc2CNC(=O)CN(C)C(=O)c2ccc(Br)s2)CC(C)O1. The molecule has 1 N–H and O–H groups in total. The zero-order valence-electron chi connectivity index (χ0n) is 17.6. The number of benzene rings is 1. The molecule has 6 nitrogen and oxygen atoms in total. The summed E-state index contributed by atoms with van der Waals surface area (Å²) in [5, 5.41) is 2.95. The van der Waals surface area contributed by atoms with Crippen LogP contribution in [0.3, 0.4) is 0 Å². The number of halogens is 1. The highest BCUT2D eigenvalue weighted by Gasteiger charge is 2.23. The molecule has 0 spiro atoms. The van der Waals surface area contributed by atoms with Crippen molar-refractivity contribution < 1.29 is 14.3 Å². The Morgan fingerprint density at radius 2 is 1.83 bits per heavy atom. The van der Waals surface area contributed by atoms with Crippen molar-refractivity contribution in [2.75, 3.05) is 26.7 Å². The van der Waals surface area contributed by atoms with E-state index in [1.54, 1.807) is 13.1 Å². The van der Waals surface area contributed by atoms with Crippen LogP contribution in [0.25, 0.3) is 0 Å². The number of nitrogens with zero attached hydrogens (tertiary/aromatic N) is 2. The molecule has 0 aliphatic carbocycles. The van der Waals surface area contributed by atoms with Crippen molar-refractivity contribution in [3.8, 4) is 0 Å². The molecule has 1 aromatic carbocycles. The van der Waals surface area contributed by atoms with Crippen LogP contribution in [-0.4, -0.2) is 60.5 Å². The lowest BCUT2D eigenvalue weighted by Crippen LogP contribution is -2.45. The van der Waals surface area contributed by atoms with Gasteiger partial charge in [-0.1, -0.05) is 24.3 Å². The first kappa shape index (κ1) is 22.9. The summed E-state index contributed by atoms with van der Waals surface area (Å²) in [6, 6.07) is 11.8. The Balaban J connectivity index is 1.54. The van der Waals surface area contributed by atoms with Crippen LogP contribution in [0.15, 0.2) is 40.2 Å². The molecule has 2 heterocycles. The molecular weight excluding hydrogens is 466 g/mol. The van der Waals surface area contributed by atoms with Crippen molar-refractivity contribution in [2.24, 2.45) is 0 Å². The average molecular weight is 494 g/mol. The third-order valence-electron chi connectivity index (χ3n) is 5.00. The predicted octanol–water partition coefficient (Wildman–Crippen LogP) is 3.51. The van der Waals surface area contributed by atoms with Gasteiger partial charge in [-0.25, -0.2) is 0 Å². The van der Waals surface area contributed by atoms with Gasteiger partial charge in [-0.15, -0.1) is 11.3 Å². The molecule has 162 valence electrons. The molecule has 8 heteroatoms. The molecule has 2 amide bonds. The highest BCUT2D eigenvalue weighted by Crippen LogP contribution is 2.23. The molecule has 2 unspecified atom stereocenters. The summed E-state index contributed by atoms with van der Waals surface area (Å²) < 4.78 is 6.71. The van der Waals surface area contributed by atoms with Gasteiger partial charge in [0.2, 0.25) is 5.91 Å². The van der Waals surface area contributed by atoms with Gasteiger partial charge in [-0.05, 0) is 53.0 Å². The van der Waals surface area contributed by atoms with Crippen molar-refractivity contribution in [2.45, 2.75) is 39.1 Å². The number of ether oxygens (including phenoxy) is 1. The maximum absolute atomic E-state index is 12.4. The molecule has 0 bridgehead atoms. The topological polar surface area (TPSA) is 61.9 Å². The second-order valence-corrected chi connectivity index (χ2v) is 10.2. The lowest BCUT2D eigenvalue weighted by Gasteiger charge is -2.35. The standard InChI is InChI=1S/C22H28BrN3O3S/c1-15-11-26(12-16(2)29-15)13-18-7-5-4-6-17(18)10-24-21(27)14-25(3)22(28)19-8-9-20(23)30-19/h4-9,15-16H,10-14H2,1-3H3,(H,24,27). The van der Waals surface area contributed by atoms with E-state index in [-0.39, 0.29) is 30.6 Å². The summed E-state index contributed by atoms with van der Waals surface area (Å²) in [6.07, 6.45) is 0.440. The van der Waals surface area contributed by atoms with E-state index in [0.29, 0.717) is 11.4 Å². The van der Waals surface area contributed by atoms with E-state index in [9.17, 15) is 9.59 Å². The summed E-state index contributed by atoms with van der Waals surface area (Å²) in [7, 11) is 1.64. The lowest BCUT2D eigenvalue weighted by atomic mass is 10.1. The Hall–Kier alpha value is -1.74. The smallest absolute Gasteiger partial charge is 0.264 e. The van der Waals surface area contributed by atoms with Gasteiger partial charge in [0.05, 0.1) is 27.4 Å². The normalized spacial score (nSPS) is 19.5. The number of amides is 2. The summed E-state index contributed by atoms with van der Waals surface area (Å²) in [5.74, 6) is -0.332. The Morgan fingerprint density at radius 1 is 1.17 bits per heavy atom. The molecule has 1 aliphatic heterocycles. The van der Waals surface area contributed by atoms with Gasteiger partial charge in [-0.2, -0.15) is 0 Å². The first-order valence-electron chi connectivity index (χ1n) is 10.0. The van der Waals surface area contributed by atoms with Crippen LogP contribution in [0.2, 0.25) is 0 Å². The zero-order chi connectivity index (χ0) is 21.7. The van der Waals surface area contributed by atoms with E-state index in [4.69, 9.17) is 4.74 Å². The zero-order valence-corrected chi connectivity index (χ0v) is 20.0. The van der Waals surface area contributed by atoms with E-state index >= 15 is 0 Å². The van der Waals surface area contributed by atoms with Crippen LogP contribution < -0.4 is 5.32 Å². The maximum Gasteiger partial charge on any atom is 0.264 e. The molecular formula is C22H28BrN3O3S. The number of thiophene rings is 1. The van der Waals surface area contributed by atoms with Crippen molar-refractivity contribution in [3.63, 3.8) is 0 Å². The third-order valence-corrected chi connectivity index (χ3v) is 6.61. The van der Waals surface area contributed by atoms with Gasteiger partial charge < -0.3 is 15.0 Å². The molecule has 0 saturated carbocycles. The largest absolute Gasteiger partial charge is 0.373 e. The number of morpholine rings is 1.